The van der Waals surface area contributed by atoms with Crippen LogP contribution in [-0.4, -0.2) is 0 Å². The van der Waals surface area contributed by atoms with Gasteiger partial charge in [-0.25, -0.2) is 4.39 Å². The Morgan fingerprint density at radius 2 is 2.08 bits per heavy atom. The van der Waals surface area contributed by atoms with Gasteiger partial charge in [-0.1, -0.05) is 11.6 Å². The van der Waals surface area contributed by atoms with E-state index in [4.69, 9.17) is 16.0 Å². The van der Waals surface area contributed by atoms with E-state index >= 15 is 0 Å². The molecule has 0 saturated carbocycles. The summed E-state index contributed by atoms with van der Waals surface area (Å²) in [4.78, 5) is 0. The maximum atomic E-state index is 13.2. The van der Waals surface area contributed by atoms with Crippen molar-refractivity contribution in [1.29, 1.82) is 0 Å². The molecular weight excluding hydrogens is 191 g/mol. The zero-order chi connectivity index (χ0) is 9.59. The highest BCUT2D eigenvalue weighted by molar-refractivity contribution is 6.32. The van der Waals surface area contributed by atoms with E-state index in [2.05, 4.69) is 0 Å². The fraction of sp³-hybridized carbons (Fsp3) is 0.200. The molecule has 1 heterocycles. The van der Waals surface area contributed by atoms with Crippen LogP contribution in [0.1, 0.15) is 11.1 Å². The maximum absolute atomic E-state index is 13.2. The monoisotopic (exact) mass is 198 g/mol. The number of hydrogen-bond acceptors (Lipinski definition) is 1. The molecule has 0 unspecified atom stereocenters. The van der Waals surface area contributed by atoms with Crippen molar-refractivity contribution in [1.82, 2.24) is 0 Å². The highest BCUT2D eigenvalue weighted by atomic mass is 35.5. The third kappa shape index (κ3) is 1.13. The van der Waals surface area contributed by atoms with Gasteiger partial charge in [-0.3, -0.25) is 0 Å². The molecule has 1 aromatic heterocycles. The van der Waals surface area contributed by atoms with Gasteiger partial charge < -0.3 is 4.42 Å². The van der Waals surface area contributed by atoms with Crippen LogP contribution in [0.4, 0.5) is 4.39 Å². The Kier molecular flexibility index (Phi) is 1.81. The van der Waals surface area contributed by atoms with Crippen molar-refractivity contribution in [3.05, 3.63) is 34.3 Å². The van der Waals surface area contributed by atoms with Gasteiger partial charge >= 0.3 is 0 Å². The first-order chi connectivity index (χ1) is 6.11. The van der Waals surface area contributed by atoms with Crippen molar-refractivity contribution in [3.8, 4) is 0 Å². The van der Waals surface area contributed by atoms with Crippen LogP contribution in [0, 0.1) is 19.7 Å². The molecule has 2 rings (SSSR count). The van der Waals surface area contributed by atoms with Crippen molar-refractivity contribution in [2.24, 2.45) is 0 Å². The Bertz CT molecular complexity index is 473. The molecule has 1 nitrogen and oxygen atoms in total. The lowest BCUT2D eigenvalue weighted by Gasteiger charge is -2.01. The molecule has 0 aliphatic carbocycles. The molecule has 0 fully saturated rings. The maximum Gasteiger partial charge on any atom is 0.169 e. The van der Waals surface area contributed by atoms with Crippen LogP contribution in [0.25, 0.3) is 11.0 Å². The van der Waals surface area contributed by atoms with Crippen molar-refractivity contribution < 1.29 is 8.81 Å². The molecule has 0 aliphatic heterocycles. The molecule has 2 aromatic rings. The summed E-state index contributed by atoms with van der Waals surface area (Å²) in [6.07, 6.45) is 1.11. The first-order valence-corrected chi connectivity index (χ1v) is 4.31. The smallest absolute Gasteiger partial charge is 0.169 e. The van der Waals surface area contributed by atoms with Gasteiger partial charge in [0.25, 0.3) is 0 Å². The van der Waals surface area contributed by atoms with Gasteiger partial charge in [0.15, 0.2) is 5.82 Å². The summed E-state index contributed by atoms with van der Waals surface area (Å²) in [5.41, 5.74) is 2.17. The third-order valence-corrected chi connectivity index (χ3v) is 2.57. The SMILES string of the molecule is Cc1cc(Cl)c(C)c2c(F)coc12. The van der Waals surface area contributed by atoms with Crippen molar-refractivity contribution in [2.45, 2.75) is 13.8 Å². The normalized spacial score (nSPS) is 11.1. The number of aryl methyl sites for hydroxylation is 2. The third-order valence-electron chi connectivity index (χ3n) is 2.18. The Morgan fingerprint density at radius 3 is 2.77 bits per heavy atom. The van der Waals surface area contributed by atoms with E-state index in [1.54, 1.807) is 13.0 Å². The highest BCUT2D eigenvalue weighted by Crippen LogP contribution is 2.31. The molecule has 0 N–H and O–H groups in total. The average Bonchev–Trinajstić information content (AvgIpc) is 2.44. The summed E-state index contributed by atoms with van der Waals surface area (Å²) < 4.78 is 18.3. The second kappa shape index (κ2) is 2.74. The van der Waals surface area contributed by atoms with Gasteiger partial charge in [0.05, 0.1) is 5.39 Å². The predicted molar refractivity (Wildman–Crippen MR) is 50.7 cm³/mol. The quantitative estimate of drug-likeness (QED) is 0.627. The standard InChI is InChI=1S/C10H8ClFO/c1-5-3-7(11)6(2)9-8(12)4-13-10(5)9/h3-4H,1-2H3. The lowest BCUT2D eigenvalue weighted by molar-refractivity contribution is 0.557. The predicted octanol–water partition coefficient (Wildman–Crippen LogP) is 3.84. The fourth-order valence-corrected chi connectivity index (χ4v) is 1.72. The van der Waals surface area contributed by atoms with Crippen LogP contribution >= 0.6 is 11.6 Å². The number of benzene rings is 1. The van der Waals surface area contributed by atoms with E-state index < -0.39 is 0 Å². The molecule has 3 heteroatoms. The number of furan rings is 1. The molecule has 1 aromatic carbocycles. The van der Waals surface area contributed by atoms with E-state index in [0.717, 1.165) is 17.4 Å². The van der Waals surface area contributed by atoms with Crippen LogP contribution in [0.5, 0.6) is 0 Å². The van der Waals surface area contributed by atoms with Crippen LogP contribution in [0.2, 0.25) is 5.02 Å². The first kappa shape index (κ1) is 8.57. The molecule has 0 amide bonds. The second-order valence-corrected chi connectivity index (χ2v) is 3.50. The minimum Gasteiger partial charge on any atom is -0.461 e. The van der Waals surface area contributed by atoms with Gasteiger partial charge in [-0.15, -0.1) is 0 Å². The second-order valence-electron chi connectivity index (χ2n) is 3.09. The van der Waals surface area contributed by atoms with Gasteiger partial charge in [0.1, 0.15) is 11.8 Å². The van der Waals surface area contributed by atoms with Crippen molar-refractivity contribution in [2.75, 3.05) is 0 Å². The molecular formula is C10H8ClFO. The summed E-state index contributed by atoms with van der Waals surface area (Å²) in [6, 6.07) is 1.78. The van der Waals surface area contributed by atoms with Gasteiger partial charge in [0, 0.05) is 5.02 Å². The van der Waals surface area contributed by atoms with Gasteiger partial charge in [0.2, 0.25) is 0 Å². The zero-order valence-electron chi connectivity index (χ0n) is 7.32. The summed E-state index contributed by atoms with van der Waals surface area (Å²) >= 11 is 5.91. The number of fused-ring (bicyclic) bond motifs is 1. The topological polar surface area (TPSA) is 13.1 Å². The summed E-state index contributed by atoms with van der Waals surface area (Å²) in [5.74, 6) is -0.349. The molecule has 68 valence electrons. The molecule has 0 bridgehead atoms. The van der Waals surface area contributed by atoms with E-state index in [9.17, 15) is 4.39 Å². The van der Waals surface area contributed by atoms with E-state index in [1.165, 1.54) is 0 Å². The first-order valence-electron chi connectivity index (χ1n) is 3.93. The summed E-state index contributed by atoms with van der Waals surface area (Å²) in [6.45, 7) is 3.62. The van der Waals surface area contributed by atoms with Gasteiger partial charge in [-0.2, -0.15) is 0 Å². The van der Waals surface area contributed by atoms with E-state index in [-0.39, 0.29) is 5.82 Å². The molecule has 0 radical (unpaired) electrons. The van der Waals surface area contributed by atoms with E-state index in [0.29, 0.717) is 16.0 Å². The molecule has 0 aliphatic rings. The van der Waals surface area contributed by atoms with Crippen LogP contribution < -0.4 is 0 Å². The Hall–Kier alpha value is -1.02. The highest BCUT2D eigenvalue weighted by Gasteiger charge is 2.12. The van der Waals surface area contributed by atoms with Crippen LogP contribution in [-0.2, 0) is 0 Å². The number of rotatable bonds is 0. The number of halogens is 2. The molecule has 13 heavy (non-hydrogen) atoms. The van der Waals surface area contributed by atoms with Crippen LogP contribution in [0.15, 0.2) is 16.7 Å². The lowest BCUT2D eigenvalue weighted by Crippen LogP contribution is -1.82. The lowest BCUT2D eigenvalue weighted by atomic mass is 10.1. The van der Waals surface area contributed by atoms with Crippen LogP contribution in [0.3, 0.4) is 0 Å². The van der Waals surface area contributed by atoms with Gasteiger partial charge in [-0.05, 0) is 31.0 Å². The number of hydrogen-bond donors (Lipinski definition) is 0. The van der Waals surface area contributed by atoms with Crippen molar-refractivity contribution >= 4 is 22.6 Å². The largest absolute Gasteiger partial charge is 0.461 e. The van der Waals surface area contributed by atoms with Crippen molar-refractivity contribution in [3.63, 3.8) is 0 Å². The molecule has 0 atom stereocenters. The minimum absolute atomic E-state index is 0.349. The Labute approximate surface area is 80.1 Å². The zero-order valence-corrected chi connectivity index (χ0v) is 8.07. The average molecular weight is 199 g/mol. The minimum atomic E-state index is -0.349. The Morgan fingerprint density at radius 1 is 1.38 bits per heavy atom. The fourth-order valence-electron chi connectivity index (χ4n) is 1.46. The summed E-state index contributed by atoms with van der Waals surface area (Å²) in [5, 5.41) is 1.07. The Balaban J connectivity index is 3.00. The molecule has 0 spiro atoms. The van der Waals surface area contributed by atoms with E-state index in [1.807, 2.05) is 6.92 Å². The summed E-state index contributed by atoms with van der Waals surface area (Å²) in [7, 11) is 0. The molecule has 0 saturated heterocycles.